The maximum atomic E-state index is 9.02. The van der Waals surface area contributed by atoms with Gasteiger partial charge in [0.1, 0.15) is 5.82 Å². The number of aromatic nitrogens is 2. The first-order chi connectivity index (χ1) is 13.1. The van der Waals surface area contributed by atoms with E-state index in [1.807, 2.05) is 24.3 Å². The lowest BCUT2D eigenvalue weighted by Crippen LogP contribution is -1.84. The molecule has 4 rings (SSSR count). The number of imidazole rings is 1. The van der Waals surface area contributed by atoms with Gasteiger partial charge in [-0.2, -0.15) is 5.26 Å². The third-order valence-corrected chi connectivity index (χ3v) is 4.66. The largest absolute Gasteiger partial charge is 0.337 e. The third kappa shape index (κ3) is 3.38. The fraction of sp³-hybridized carbons (Fsp3) is 0.0833. The summed E-state index contributed by atoms with van der Waals surface area (Å²) in [6.07, 6.45) is 0. The van der Waals surface area contributed by atoms with Crippen LogP contribution in [0.5, 0.6) is 0 Å². The first-order valence-corrected chi connectivity index (χ1v) is 8.88. The molecule has 3 nitrogen and oxygen atoms in total. The smallest absolute Gasteiger partial charge is 0.138 e. The zero-order valence-electron chi connectivity index (χ0n) is 15.3. The van der Waals surface area contributed by atoms with Gasteiger partial charge in [0.15, 0.2) is 0 Å². The summed E-state index contributed by atoms with van der Waals surface area (Å²) in [6, 6.07) is 26.5. The summed E-state index contributed by atoms with van der Waals surface area (Å²) in [7, 11) is 0. The number of nitriles is 1. The number of hydrogen-bond acceptors (Lipinski definition) is 2. The van der Waals surface area contributed by atoms with E-state index in [1.54, 1.807) is 0 Å². The summed E-state index contributed by atoms with van der Waals surface area (Å²) in [5.41, 5.74) is 8.15. The van der Waals surface area contributed by atoms with Crippen molar-refractivity contribution >= 4 is 0 Å². The van der Waals surface area contributed by atoms with Crippen molar-refractivity contribution in [2.45, 2.75) is 13.8 Å². The van der Waals surface area contributed by atoms with E-state index in [-0.39, 0.29) is 0 Å². The molecule has 1 aromatic heterocycles. The molecule has 0 saturated heterocycles. The zero-order chi connectivity index (χ0) is 18.8. The second kappa shape index (κ2) is 6.93. The van der Waals surface area contributed by atoms with Crippen LogP contribution < -0.4 is 0 Å². The lowest BCUT2D eigenvalue weighted by molar-refractivity contribution is 1.31. The van der Waals surface area contributed by atoms with Crippen molar-refractivity contribution in [2.24, 2.45) is 0 Å². The van der Waals surface area contributed by atoms with Gasteiger partial charge < -0.3 is 4.98 Å². The van der Waals surface area contributed by atoms with E-state index in [0.29, 0.717) is 5.56 Å². The maximum absolute atomic E-state index is 9.02. The van der Waals surface area contributed by atoms with Crippen LogP contribution in [0.15, 0.2) is 72.8 Å². The fourth-order valence-corrected chi connectivity index (χ4v) is 3.06. The number of hydrogen-bond donors (Lipinski definition) is 1. The summed E-state index contributed by atoms with van der Waals surface area (Å²) in [6.45, 7) is 4.16. The number of rotatable bonds is 3. The monoisotopic (exact) mass is 349 g/mol. The zero-order valence-corrected chi connectivity index (χ0v) is 15.3. The van der Waals surface area contributed by atoms with Crippen LogP contribution in [0, 0.1) is 25.2 Å². The molecule has 4 aromatic rings. The summed E-state index contributed by atoms with van der Waals surface area (Å²) >= 11 is 0. The van der Waals surface area contributed by atoms with Crippen molar-refractivity contribution in [1.82, 2.24) is 9.97 Å². The Balaban J connectivity index is 1.87. The van der Waals surface area contributed by atoms with E-state index in [4.69, 9.17) is 10.2 Å². The molecule has 0 fully saturated rings. The van der Waals surface area contributed by atoms with Gasteiger partial charge in [-0.1, -0.05) is 59.7 Å². The van der Waals surface area contributed by atoms with Crippen molar-refractivity contribution < 1.29 is 0 Å². The summed E-state index contributed by atoms with van der Waals surface area (Å²) in [4.78, 5) is 8.39. The van der Waals surface area contributed by atoms with Crippen molar-refractivity contribution in [2.75, 3.05) is 0 Å². The highest BCUT2D eigenvalue weighted by atomic mass is 14.9. The molecule has 1 N–H and O–H groups in total. The lowest BCUT2D eigenvalue weighted by Gasteiger charge is -2.04. The fourth-order valence-electron chi connectivity index (χ4n) is 3.06. The maximum Gasteiger partial charge on any atom is 0.138 e. The Kier molecular flexibility index (Phi) is 4.32. The van der Waals surface area contributed by atoms with Crippen LogP contribution in [-0.4, -0.2) is 9.97 Å². The van der Waals surface area contributed by atoms with Crippen LogP contribution in [0.4, 0.5) is 0 Å². The number of nitrogens with zero attached hydrogens (tertiary/aromatic N) is 2. The highest BCUT2D eigenvalue weighted by molar-refractivity contribution is 5.81. The van der Waals surface area contributed by atoms with Crippen LogP contribution in [-0.2, 0) is 0 Å². The minimum absolute atomic E-state index is 0.642. The van der Waals surface area contributed by atoms with E-state index in [0.717, 1.165) is 33.9 Å². The Bertz CT molecular complexity index is 1050. The first-order valence-electron chi connectivity index (χ1n) is 8.88. The van der Waals surface area contributed by atoms with Crippen LogP contribution in [0.1, 0.15) is 16.7 Å². The molecular formula is C24H19N3. The number of H-pyrrole nitrogens is 1. The van der Waals surface area contributed by atoms with Crippen LogP contribution >= 0.6 is 0 Å². The molecule has 0 atom stereocenters. The topological polar surface area (TPSA) is 52.5 Å². The molecule has 0 bridgehead atoms. The molecule has 0 aliphatic heterocycles. The Morgan fingerprint density at radius 2 is 1.22 bits per heavy atom. The van der Waals surface area contributed by atoms with Gasteiger partial charge in [0.05, 0.1) is 23.0 Å². The van der Waals surface area contributed by atoms with E-state index in [1.165, 1.54) is 11.1 Å². The van der Waals surface area contributed by atoms with Gasteiger partial charge in [0.25, 0.3) is 0 Å². The number of aromatic amines is 1. The number of aryl methyl sites for hydroxylation is 2. The van der Waals surface area contributed by atoms with Crippen molar-refractivity contribution in [1.29, 1.82) is 5.26 Å². The van der Waals surface area contributed by atoms with Gasteiger partial charge in [0, 0.05) is 16.7 Å². The first kappa shape index (κ1) is 16.8. The van der Waals surface area contributed by atoms with Gasteiger partial charge in [-0.05, 0) is 38.1 Å². The molecular weight excluding hydrogens is 330 g/mol. The molecule has 27 heavy (non-hydrogen) atoms. The Morgan fingerprint density at radius 3 is 1.78 bits per heavy atom. The molecule has 0 aliphatic carbocycles. The number of nitrogens with one attached hydrogen (secondary N) is 1. The molecule has 130 valence electrons. The van der Waals surface area contributed by atoms with Crippen molar-refractivity contribution in [3.63, 3.8) is 0 Å². The number of benzene rings is 3. The summed E-state index contributed by atoms with van der Waals surface area (Å²) in [5, 5.41) is 9.02. The minimum atomic E-state index is 0.642. The lowest BCUT2D eigenvalue weighted by atomic mass is 10.0. The van der Waals surface area contributed by atoms with Crippen molar-refractivity contribution in [3.8, 4) is 40.0 Å². The molecule has 1 heterocycles. The van der Waals surface area contributed by atoms with Crippen LogP contribution in [0.3, 0.4) is 0 Å². The van der Waals surface area contributed by atoms with E-state index < -0.39 is 0 Å². The summed E-state index contributed by atoms with van der Waals surface area (Å²) < 4.78 is 0. The average Bonchev–Trinajstić information content (AvgIpc) is 3.14. The molecule has 0 radical (unpaired) electrons. The standard InChI is InChI=1S/C24H19N3/c1-16-3-9-19(10-4-16)22-23(20-11-5-17(2)6-12-20)27-24(26-22)21-13-7-18(15-25)8-14-21/h3-14H,1-2H3,(H,26,27). The molecule has 0 spiro atoms. The molecule has 3 heteroatoms. The van der Waals surface area contributed by atoms with E-state index >= 15 is 0 Å². The predicted molar refractivity (Wildman–Crippen MR) is 109 cm³/mol. The third-order valence-electron chi connectivity index (χ3n) is 4.66. The van der Waals surface area contributed by atoms with Crippen LogP contribution in [0.25, 0.3) is 33.9 Å². The Labute approximate surface area is 159 Å². The van der Waals surface area contributed by atoms with E-state index in [9.17, 15) is 0 Å². The normalized spacial score (nSPS) is 10.6. The minimum Gasteiger partial charge on any atom is -0.337 e. The highest BCUT2D eigenvalue weighted by Gasteiger charge is 2.15. The van der Waals surface area contributed by atoms with Gasteiger partial charge in [0.2, 0.25) is 0 Å². The molecule has 3 aromatic carbocycles. The van der Waals surface area contributed by atoms with E-state index in [2.05, 4.69) is 73.4 Å². The summed E-state index contributed by atoms with van der Waals surface area (Å²) in [5.74, 6) is 0.797. The van der Waals surface area contributed by atoms with Gasteiger partial charge in [-0.15, -0.1) is 0 Å². The highest BCUT2D eigenvalue weighted by Crippen LogP contribution is 2.33. The van der Waals surface area contributed by atoms with Gasteiger partial charge >= 0.3 is 0 Å². The predicted octanol–water partition coefficient (Wildman–Crippen LogP) is 5.90. The molecule has 0 amide bonds. The molecule has 0 saturated carbocycles. The van der Waals surface area contributed by atoms with Gasteiger partial charge in [-0.3, -0.25) is 0 Å². The SMILES string of the molecule is Cc1ccc(-c2nc(-c3ccc(C#N)cc3)[nH]c2-c2ccc(C)cc2)cc1. The molecule has 0 unspecified atom stereocenters. The molecule has 0 aliphatic rings. The average molecular weight is 349 g/mol. The second-order valence-electron chi connectivity index (χ2n) is 6.73. The van der Waals surface area contributed by atoms with Gasteiger partial charge in [-0.25, -0.2) is 4.98 Å². The van der Waals surface area contributed by atoms with Crippen molar-refractivity contribution in [3.05, 3.63) is 89.5 Å². The van der Waals surface area contributed by atoms with Crippen LogP contribution in [0.2, 0.25) is 0 Å². The second-order valence-corrected chi connectivity index (χ2v) is 6.73. The Hall–Kier alpha value is -3.64. The Morgan fingerprint density at radius 1 is 0.704 bits per heavy atom. The quantitative estimate of drug-likeness (QED) is 0.500.